The van der Waals surface area contributed by atoms with Crippen LogP contribution in [-0.2, 0) is 7.80 Å². The Hall–Kier alpha value is 0.530. The van der Waals surface area contributed by atoms with Gasteiger partial charge in [0.25, 0.3) is 0 Å². The van der Waals surface area contributed by atoms with Gasteiger partial charge in [0, 0.05) is 5.92 Å². The van der Waals surface area contributed by atoms with Crippen molar-refractivity contribution in [2.75, 3.05) is 13.2 Å². The van der Waals surface area contributed by atoms with Crippen molar-refractivity contribution in [3.8, 4) is 0 Å². The summed E-state index contributed by atoms with van der Waals surface area (Å²) in [4.78, 5) is 0. The van der Waals surface area contributed by atoms with E-state index in [1.165, 1.54) is 0 Å². The summed E-state index contributed by atoms with van der Waals surface area (Å²) in [5.41, 5.74) is 0. The van der Waals surface area contributed by atoms with Gasteiger partial charge in [0.1, 0.15) is 23.0 Å². The first kappa shape index (κ1) is 14.6. The SMILES string of the molecule is CC[C@H]1OC(CO)CC(C(CO)OI)C1O. The molecule has 0 spiro atoms. The maximum absolute atomic E-state index is 10.1. The Morgan fingerprint density at radius 1 is 1.50 bits per heavy atom. The van der Waals surface area contributed by atoms with E-state index in [2.05, 4.69) is 0 Å². The van der Waals surface area contributed by atoms with Crippen LogP contribution in [-0.4, -0.2) is 52.9 Å². The Morgan fingerprint density at radius 3 is 2.62 bits per heavy atom. The van der Waals surface area contributed by atoms with Crippen molar-refractivity contribution < 1.29 is 23.1 Å². The summed E-state index contributed by atoms with van der Waals surface area (Å²) >= 11 is 1.73. The van der Waals surface area contributed by atoms with Gasteiger partial charge in [0.2, 0.25) is 0 Å². The third kappa shape index (κ3) is 3.27. The molecule has 0 aliphatic carbocycles. The maximum atomic E-state index is 10.1. The number of halogens is 1. The second-order valence-corrected chi connectivity index (χ2v) is 4.60. The standard InChI is InChI=1S/C10H19IO5/c1-2-8-10(14)7(9(5-13)16-11)3-6(4-12)15-8/h6-10,12-14H,2-5H2,1H3/t6?,7?,8-,9?,10?/m1/s1. The van der Waals surface area contributed by atoms with Crippen molar-refractivity contribution in [2.24, 2.45) is 5.92 Å². The Kier molecular flexibility index (Phi) is 6.45. The van der Waals surface area contributed by atoms with Crippen molar-refractivity contribution in [2.45, 2.75) is 44.2 Å². The fourth-order valence-corrected chi connectivity index (χ4v) is 2.70. The van der Waals surface area contributed by atoms with Crippen LogP contribution in [0.3, 0.4) is 0 Å². The zero-order valence-corrected chi connectivity index (χ0v) is 11.4. The summed E-state index contributed by atoms with van der Waals surface area (Å²) in [5, 5.41) is 28.4. The average Bonchev–Trinajstić information content (AvgIpc) is 2.32. The lowest BCUT2D eigenvalue weighted by Gasteiger charge is -2.40. The molecule has 1 saturated heterocycles. The maximum Gasteiger partial charge on any atom is 0.110 e. The van der Waals surface area contributed by atoms with Crippen LogP contribution in [0.25, 0.3) is 0 Å². The summed E-state index contributed by atoms with van der Waals surface area (Å²) < 4.78 is 10.6. The molecule has 0 amide bonds. The Morgan fingerprint density at radius 2 is 2.19 bits per heavy atom. The molecule has 1 rings (SSSR count). The van der Waals surface area contributed by atoms with Crippen LogP contribution in [0.1, 0.15) is 19.8 Å². The number of hydrogen-bond donors (Lipinski definition) is 3. The zero-order valence-electron chi connectivity index (χ0n) is 9.25. The fraction of sp³-hybridized carbons (Fsp3) is 1.00. The van der Waals surface area contributed by atoms with Gasteiger partial charge >= 0.3 is 0 Å². The van der Waals surface area contributed by atoms with E-state index in [0.29, 0.717) is 12.8 Å². The third-order valence-corrected chi connectivity index (χ3v) is 3.75. The van der Waals surface area contributed by atoms with E-state index in [0.717, 1.165) is 0 Å². The molecule has 1 aliphatic rings. The molecule has 96 valence electrons. The predicted molar refractivity (Wildman–Crippen MR) is 66.1 cm³/mol. The van der Waals surface area contributed by atoms with Gasteiger partial charge in [-0.25, -0.2) is 0 Å². The van der Waals surface area contributed by atoms with Gasteiger partial charge in [-0.3, -0.25) is 0 Å². The highest BCUT2D eigenvalue weighted by Gasteiger charge is 2.40. The van der Waals surface area contributed by atoms with Gasteiger partial charge in [-0.2, -0.15) is 0 Å². The normalized spacial score (nSPS) is 37.3. The van der Waals surface area contributed by atoms with Gasteiger partial charge in [-0.15, -0.1) is 0 Å². The zero-order chi connectivity index (χ0) is 12.1. The van der Waals surface area contributed by atoms with E-state index < -0.39 is 12.2 Å². The first-order valence-electron chi connectivity index (χ1n) is 5.50. The molecule has 5 atom stereocenters. The minimum atomic E-state index is -0.653. The van der Waals surface area contributed by atoms with E-state index in [-0.39, 0.29) is 31.3 Å². The highest BCUT2D eigenvalue weighted by Crippen LogP contribution is 2.31. The quantitative estimate of drug-likeness (QED) is 0.622. The molecule has 6 heteroatoms. The van der Waals surface area contributed by atoms with Crippen molar-refractivity contribution >= 4 is 23.0 Å². The lowest BCUT2D eigenvalue weighted by atomic mass is 9.84. The molecule has 1 heterocycles. The van der Waals surface area contributed by atoms with Gasteiger partial charge in [0.05, 0.1) is 37.6 Å². The number of hydrogen-bond acceptors (Lipinski definition) is 5. The van der Waals surface area contributed by atoms with Crippen LogP contribution in [0.4, 0.5) is 0 Å². The minimum absolute atomic E-state index is 0.0703. The summed E-state index contributed by atoms with van der Waals surface area (Å²) in [6.07, 6.45) is -0.464. The van der Waals surface area contributed by atoms with E-state index in [9.17, 15) is 5.11 Å². The monoisotopic (exact) mass is 346 g/mol. The second kappa shape index (κ2) is 7.07. The van der Waals surface area contributed by atoms with Crippen LogP contribution in [0.5, 0.6) is 0 Å². The summed E-state index contributed by atoms with van der Waals surface area (Å²) in [6, 6.07) is 0. The van der Waals surface area contributed by atoms with Crippen LogP contribution in [0.15, 0.2) is 0 Å². The first-order valence-corrected chi connectivity index (χ1v) is 6.38. The molecule has 0 aromatic heterocycles. The predicted octanol–water partition coefficient (Wildman–Crippen LogP) is 0.251. The number of ether oxygens (including phenoxy) is 1. The van der Waals surface area contributed by atoms with Crippen molar-refractivity contribution in [1.82, 2.24) is 0 Å². The van der Waals surface area contributed by atoms with E-state index in [1.54, 1.807) is 23.0 Å². The lowest BCUT2D eigenvalue weighted by Crippen LogP contribution is -2.50. The van der Waals surface area contributed by atoms with Crippen molar-refractivity contribution in [3.63, 3.8) is 0 Å². The van der Waals surface area contributed by atoms with Crippen LogP contribution in [0.2, 0.25) is 0 Å². The molecule has 0 bridgehead atoms. The highest BCUT2D eigenvalue weighted by molar-refractivity contribution is 14.1. The summed E-state index contributed by atoms with van der Waals surface area (Å²) in [7, 11) is 0. The van der Waals surface area contributed by atoms with Crippen LogP contribution in [0, 0.1) is 5.92 Å². The van der Waals surface area contributed by atoms with Gasteiger partial charge in [-0.05, 0) is 12.8 Å². The minimum Gasteiger partial charge on any atom is -0.394 e. The molecule has 0 saturated carbocycles. The Balaban J connectivity index is 2.72. The van der Waals surface area contributed by atoms with Crippen molar-refractivity contribution in [1.29, 1.82) is 0 Å². The molecule has 1 fully saturated rings. The molecule has 16 heavy (non-hydrogen) atoms. The molecular formula is C10H19IO5. The molecule has 0 radical (unpaired) electrons. The molecule has 1 aliphatic heterocycles. The molecule has 3 N–H and O–H groups in total. The van der Waals surface area contributed by atoms with E-state index >= 15 is 0 Å². The van der Waals surface area contributed by atoms with Crippen LogP contribution >= 0.6 is 23.0 Å². The number of aliphatic hydroxyl groups excluding tert-OH is 3. The topological polar surface area (TPSA) is 79.2 Å². The number of aliphatic hydroxyl groups is 3. The van der Waals surface area contributed by atoms with Crippen molar-refractivity contribution in [3.05, 3.63) is 0 Å². The Bertz CT molecular complexity index is 197. The summed E-state index contributed by atoms with van der Waals surface area (Å²) in [6.45, 7) is 1.71. The van der Waals surface area contributed by atoms with E-state index in [1.807, 2.05) is 6.92 Å². The smallest absolute Gasteiger partial charge is 0.110 e. The first-order chi connectivity index (χ1) is 7.67. The number of rotatable bonds is 5. The second-order valence-electron chi connectivity index (χ2n) is 4.09. The molecule has 0 aromatic rings. The average molecular weight is 346 g/mol. The fourth-order valence-electron chi connectivity index (χ4n) is 2.16. The molecule has 4 unspecified atom stereocenters. The lowest BCUT2D eigenvalue weighted by molar-refractivity contribution is -0.172. The Labute approximate surface area is 109 Å². The molecule has 5 nitrogen and oxygen atoms in total. The van der Waals surface area contributed by atoms with Gasteiger partial charge in [-0.1, -0.05) is 6.92 Å². The molecule has 0 aromatic carbocycles. The van der Waals surface area contributed by atoms with Gasteiger partial charge < -0.3 is 23.1 Å². The summed E-state index contributed by atoms with van der Waals surface area (Å²) in [5.74, 6) is -0.197. The largest absolute Gasteiger partial charge is 0.394 e. The highest BCUT2D eigenvalue weighted by atomic mass is 127. The van der Waals surface area contributed by atoms with Gasteiger partial charge in [0.15, 0.2) is 0 Å². The van der Waals surface area contributed by atoms with Crippen LogP contribution < -0.4 is 0 Å². The molecular weight excluding hydrogens is 327 g/mol. The van der Waals surface area contributed by atoms with E-state index in [4.69, 9.17) is 18.0 Å². The third-order valence-electron chi connectivity index (χ3n) is 3.10.